The molecule has 0 saturated carbocycles. The highest BCUT2D eigenvalue weighted by Gasteiger charge is 2.32. The molecule has 0 aromatic carbocycles. The average Bonchev–Trinajstić information content (AvgIpc) is 2.20. The van der Waals surface area contributed by atoms with Crippen molar-refractivity contribution in [2.24, 2.45) is 5.92 Å². The molecular formula is C11H15BrN2O. The van der Waals surface area contributed by atoms with Crippen molar-refractivity contribution >= 4 is 0 Å². The minimum atomic E-state index is 0. The third-order valence-corrected chi connectivity index (χ3v) is 3.51. The van der Waals surface area contributed by atoms with Crippen molar-refractivity contribution in [2.45, 2.75) is 18.9 Å². The summed E-state index contributed by atoms with van der Waals surface area (Å²) in [7, 11) is 0. The number of aromatic nitrogens is 1. The van der Waals surface area contributed by atoms with E-state index in [1.165, 1.54) is 18.7 Å². The number of piperidine rings is 1. The van der Waals surface area contributed by atoms with Gasteiger partial charge in [0.2, 0.25) is 0 Å². The molecule has 0 aliphatic carbocycles. The van der Waals surface area contributed by atoms with Gasteiger partial charge in [0.05, 0.1) is 13.1 Å². The van der Waals surface area contributed by atoms with E-state index in [4.69, 9.17) is 0 Å². The first-order chi connectivity index (χ1) is 6.84. The van der Waals surface area contributed by atoms with Gasteiger partial charge in [0, 0.05) is 30.1 Å². The Morgan fingerprint density at radius 2 is 2.20 bits per heavy atom. The van der Waals surface area contributed by atoms with Crippen LogP contribution in [-0.2, 0) is 6.54 Å². The van der Waals surface area contributed by atoms with E-state index in [-0.39, 0.29) is 22.5 Å². The van der Waals surface area contributed by atoms with Crippen LogP contribution in [-0.4, -0.2) is 17.7 Å². The molecule has 1 aromatic heterocycles. The second kappa shape index (κ2) is 4.10. The van der Waals surface area contributed by atoms with Crippen LogP contribution in [0, 0.1) is 5.92 Å². The van der Waals surface area contributed by atoms with Crippen molar-refractivity contribution in [3.8, 4) is 0 Å². The Morgan fingerprint density at radius 3 is 3.07 bits per heavy atom. The molecule has 1 fully saturated rings. The van der Waals surface area contributed by atoms with Gasteiger partial charge in [0.15, 0.2) is 0 Å². The molecule has 3 rings (SSSR count). The first kappa shape index (κ1) is 10.9. The van der Waals surface area contributed by atoms with Crippen LogP contribution in [0.1, 0.15) is 18.0 Å². The average molecular weight is 271 g/mol. The van der Waals surface area contributed by atoms with Gasteiger partial charge < -0.3 is 26.9 Å². The molecule has 2 aliphatic heterocycles. The summed E-state index contributed by atoms with van der Waals surface area (Å²) < 4.78 is 1.98. The molecule has 2 atom stereocenters. The van der Waals surface area contributed by atoms with Crippen LogP contribution < -0.4 is 27.9 Å². The van der Waals surface area contributed by atoms with Crippen LogP contribution >= 0.6 is 0 Å². The molecule has 82 valence electrons. The third kappa shape index (κ3) is 1.76. The normalized spacial score (nSPS) is 27.7. The second-order valence-corrected chi connectivity index (χ2v) is 4.46. The highest BCUT2D eigenvalue weighted by Crippen LogP contribution is 2.29. The Kier molecular flexibility index (Phi) is 2.98. The summed E-state index contributed by atoms with van der Waals surface area (Å²) in [5.41, 5.74) is 1.43. The molecule has 0 radical (unpaired) electrons. The molecule has 1 aromatic rings. The monoisotopic (exact) mass is 270 g/mol. The molecule has 2 bridgehead atoms. The molecule has 1 saturated heterocycles. The van der Waals surface area contributed by atoms with E-state index in [1.54, 1.807) is 6.07 Å². The largest absolute Gasteiger partial charge is 1.00 e. The number of fused-ring (bicyclic) bond motifs is 4. The van der Waals surface area contributed by atoms with Crippen molar-refractivity contribution in [2.75, 3.05) is 13.1 Å². The molecule has 0 amide bonds. The zero-order valence-corrected chi connectivity index (χ0v) is 10.1. The molecular weight excluding hydrogens is 256 g/mol. The van der Waals surface area contributed by atoms with Crippen LogP contribution in [0.3, 0.4) is 0 Å². The van der Waals surface area contributed by atoms with Crippen LogP contribution in [0.4, 0.5) is 0 Å². The van der Waals surface area contributed by atoms with Gasteiger partial charge in [-0.3, -0.25) is 4.79 Å². The smallest absolute Gasteiger partial charge is 0.250 e. The Bertz CT molecular complexity index is 415. The van der Waals surface area contributed by atoms with Gasteiger partial charge in [-0.05, 0) is 12.5 Å². The van der Waals surface area contributed by atoms with Crippen LogP contribution in [0.15, 0.2) is 23.0 Å². The lowest BCUT2D eigenvalue weighted by Crippen LogP contribution is -3.00. The molecule has 3 nitrogen and oxygen atoms in total. The van der Waals surface area contributed by atoms with Gasteiger partial charge in [0.1, 0.15) is 0 Å². The lowest BCUT2D eigenvalue weighted by Gasteiger charge is -2.35. The minimum Gasteiger partial charge on any atom is -1.00 e. The molecule has 15 heavy (non-hydrogen) atoms. The first-order valence-electron chi connectivity index (χ1n) is 5.36. The quantitative estimate of drug-likeness (QED) is 0.523. The van der Waals surface area contributed by atoms with Gasteiger partial charge in [0.25, 0.3) is 5.56 Å². The Hall–Kier alpha value is -0.610. The van der Waals surface area contributed by atoms with E-state index in [0.29, 0.717) is 11.8 Å². The maximum Gasteiger partial charge on any atom is 0.250 e. The fraction of sp³-hybridized carbons (Fsp3) is 0.545. The zero-order valence-electron chi connectivity index (χ0n) is 8.53. The van der Waals surface area contributed by atoms with Crippen molar-refractivity contribution in [3.05, 3.63) is 34.2 Å². The number of nitrogens with zero attached hydrogens (tertiary/aromatic N) is 1. The zero-order chi connectivity index (χ0) is 9.54. The van der Waals surface area contributed by atoms with E-state index >= 15 is 0 Å². The maximum atomic E-state index is 11.6. The number of nitrogens with two attached hydrogens (primary N) is 1. The predicted octanol–water partition coefficient (Wildman–Crippen LogP) is -3.47. The molecule has 2 aliphatic rings. The van der Waals surface area contributed by atoms with Gasteiger partial charge in [-0.15, -0.1) is 0 Å². The number of halogens is 1. The van der Waals surface area contributed by atoms with Crippen molar-refractivity contribution in [3.63, 3.8) is 0 Å². The lowest BCUT2D eigenvalue weighted by atomic mass is 9.84. The first-order valence-corrected chi connectivity index (χ1v) is 5.36. The number of hydrogen-bond acceptors (Lipinski definition) is 1. The highest BCUT2D eigenvalue weighted by molar-refractivity contribution is 5.15. The fourth-order valence-electron chi connectivity index (χ4n) is 2.86. The van der Waals surface area contributed by atoms with E-state index in [1.807, 2.05) is 10.6 Å². The van der Waals surface area contributed by atoms with Crippen molar-refractivity contribution in [1.82, 2.24) is 4.57 Å². The van der Waals surface area contributed by atoms with Gasteiger partial charge >= 0.3 is 0 Å². The molecule has 3 heterocycles. The van der Waals surface area contributed by atoms with Crippen LogP contribution in [0.25, 0.3) is 0 Å². The second-order valence-electron chi connectivity index (χ2n) is 4.46. The lowest BCUT2D eigenvalue weighted by molar-refractivity contribution is -0.673. The number of rotatable bonds is 0. The van der Waals surface area contributed by atoms with E-state index in [0.717, 1.165) is 13.1 Å². The van der Waals surface area contributed by atoms with Gasteiger partial charge in [-0.1, -0.05) is 6.07 Å². The Balaban J connectivity index is 0.000000853. The fourth-order valence-corrected chi connectivity index (χ4v) is 2.86. The molecule has 4 heteroatoms. The van der Waals surface area contributed by atoms with E-state index < -0.39 is 0 Å². The van der Waals surface area contributed by atoms with Crippen LogP contribution in [0.2, 0.25) is 0 Å². The van der Waals surface area contributed by atoms with Gasteiger partial charge in [-0.2, -0.15) is 0 Å². The summed E-state index contributed by atoms with van der Waals surface area (Å²) in [5.74, 6) is 1.32. The van der Waals surface area contributed by atoms with Gasteiger partial charge in [-0.25, -0.2) is 0 Å². The molecule has 0 unspecified atom stereocenters. The Labute approximate surface area is 99.3 Å². The SMILES string of the molecule is O=c1cccc2n1C[C@@H]1C[NH2+]C[C@H]2C1.[Br-]. The molecule has 2 N–H and O–H groups in total. The number of pyridine rings is 1. The topological polar surface area (TPSA) is 38.6 Å². The maximum absolute atomic E-state index is 11.6. The standard InChI is InChI=1S/C11H14N2O.BrH/c14-11-3-1-2-10-9-4-8(5-12-6-9)7-13(10)11;/h1-3,8-9,12H,4-7H2;1H/t8-,9+;/m0./s1. The summed E-state index contributed by atoms with van der Waals surface area (Å²) in [4.78, 5) is 11.6. The van der Waals surface area contributed by atoms with Crippen LogP contribution in [0.5, 0.6) is 0 Å². The summed E-state index contributed by atoms with van der Waals surface area (Å²) in [5, 5.41) is 2.39. The minimum absolute atomic E-state index is 0. The molecule has 0 spiro atoms. The predicted molar refractivity (Wildman–Crippen MR) is 53.2 cm³/mol. The summed E-state index contributed by atoms with van der Waals surface area (Å²) in [6, 6.07) is 5.68. The van der Waals surface area contributed by atoms with Crippen molar-refractivity contribution < 1.29 is 22.3 Å². The summed E-state index contributed by atoms with van der Waals surface area (Å²) in [6.07, 6.45) is 1.28. The third-order valence-electron chi connectivity index (χ3n) is 3.51. The highest BCUT2D eigenvalue weighted by atomic mass is 79.9. The number of quaternary nitrogens is 1. The Morgan fingerprint density at radius 1 is 1.33 bits per heavy atom. The summed E-state index contributed by atoms with van der Waals surface area (Å²) >= 11 is 0. The van der Waals surface area contributed by atoms with E-state index in [2.05, 4.69) is 11.4 Å². The van der Waals surface area contributed by atoms with Crippen molar-refractivity contribution in [1.29, 1.82) is 0 Å². The summed E-state index contributed by atoms with van der Waals surface area (Å²) in [6.45, 7) is 3.28. The number of hydrogen-bond donors (Lipinski definition) is 1. The van der Waals surface area contributed by atoms with E-state index in [9.17, 15) is 4.79 Å².